The first-order valence-corrected chi connectivity index (χ1v) is 9.01. The van der Waals surface area contributed by atoms with Crippen molar-refractivity contribution in [2.45, 2.75) is 45.6 Å². The first-order valence-electron chi connectivity index (χ1n) is 9.01. The molecule has 0 saturated heterocycles. The summed E-state index contributed by atoms with van der Waals surface area (Å²) in [7, 11) is 1.31. The summed E-state index contributed by atoms with van der Waals surface area (Å²) in [6.45, 7) is 8.30. The van der Waals surface area contributed by atoms with Gasteiger partial charge in [-0.05, 0) is 41.7 Å². The standard InChI is InChI=1S/C22H27NO4/c1-6-19(27-16-13-11-15(12-14-16)22(2,3)4)20(24)23-18-10-8-7-9-17(18)21(25)26-5/h7-14,19H,6H2,1-5H3,(H,23,24)/t19-/m0/s1. The van der Waals surface area contributed by atoms with E-state index in [1.54, 1.807) is 24.3 Å². The van der Waals surface area contributed by atoms with Gasteiger partial charge in [0.15, 0.2) is 6.10 Å². The normalized spacial score (nSPS) is 12.2. The predicted octanol–water partition coefficient (Wildman–Crippen LogP) is 4.57. The summed E-state index contributed by atoms with van der Waals surface area (Å²) in [4.78, 5) is 24.5. The van der Waals surface area contributed by atoms with Gasteiger partial charge >= 0.3 is 5.97 Å². The third-order valence-corrected chi connectivity index (χ3v) is 4.25. The van der Waals surface area contributed by atoms with Gasteiger partial charge in [0, 0.05) is 0 Å². The highest BCUT2D eigenvalue weighted by molar-refractivity contribution is 6.02. The molecule has 1 N–H and O–H groups in total. The van der Waals surface area contributed by atoms with Crippen LogP contribution in [0.15, 0.2) is 48.5 Å². The fourth-order valence-electron chi connectivity index (χ4n) is 2.61. The summed E-state index contributed by atoms with van der Waals surface area (Å²) in [6.07, 6.45) is -0.177. The fourth-order valence-corrected chi connectivity index (χ4v) is 2.61. The van der Waals surface area contributed by atoms with Crippen molar-refractivity contribution < 1.29 is 19.1 Å². The van der Waals surface area contributed by atoms with Gasteiger partial charge in [0.25, 0.3) is 5.91 Å². The van der Waals surface area contributed by atoms with E-state index in [1.165, 1.54) is 12.7 Å². The zero-order chi connectivity index (χ0) is 20.0. The largest absolute Gasteiger partial charge is 0.481 e. The van der Waals surface area contributed by atoms with Gasteiger partial charge in [0.2, 0.25) is 0 Å². The maximum absolute atomic E-state index is 12.6. The van der Waals surface area contributed by atoms with Crippen molar-refractivity contribution in [3.63, 3.8) is 0 Å². The lowest BCUT2D eigenvalue weighted by atomic mass is 9.87. The quantitative estimate of drug-likeness (QED) is 0.758. The van der Waals surface area contributed by atoms with Gasteiger partial charge in [-0.2, -0.15) is 0 Å². The average molecular weight is 369 g/mol. The first-order chi connectivity index (χ1) is 12.8. The lowest BCUT2D eigenvalue weighted by molar-refractivity contribution is -0.122. The van der Waals surface area contributed by atoms with Crippen LogP contribution in [0.3, 0.4) is 0 Å². The van der Waals surface area contributed by atoms with Crippen LogP contribution in [0.25, 0.3) is 0 Å². The molecular formula is C22H27NO4. The topological polar surface area (TPSA) is 64.6 Å². The Morgan fingerprint density at radius 1 is 1.04 bits per heavy atom. The maximum Gasteiger partial charge on any atom is 0.339 e. The number of nitrogens with one attached hydrogen (secondary N) is 1. The Hall–Kier alpha value is -2.82. The van der Waals surface area contributed by atoms with E-state index in [-0.39, 0.29) is 11.3 Å². The number of hydrogen-bond donors (Lipinski definition) is 1. The number of ether oxygens (including phenoxy) is 2. The highest BCUT2D eigenvalue weighted by Crippen LogP contribution is 2.25. The fraction of sp³-hybridized carbons (Fsp3) is 0.364. The maximum atomic E-state index is 12.6. The van der Waals surface area contributed by atoms with Crippen LogP contribution in [0.4, 0.5) is 5.69 Å². The molecule has 2 aromatic rings. The van der Waals surface area contributed by atoms with Crippen molar-refractivity contribution in [1.82, 2.24) is 0 Å². The molecule has 0 heterocycles. The van der Waals surface area contributed by atoms with Gasteiger partial charge in [-0.25, -0.2) is 4.79 Å². The summed E-state index contributed by atoms with van der Waals surface area (Å²) in [6, 6.07) is 14.5. The van der Waals surface area contributed by atoms with Crippen LogP contribution in [0.1, 0.15) is 50.0 Å². The summed E-state index contributed by atoms with van der Waals surface area (Å²) in [5.74, 6) is -0.183. The molecule has 0 unspecified atom stereocenters. The number of methoxy groups -OCH3 is 1. The monoisotopic (exact) mass is 369 g/mol. The van der Waals surface area contributed by atoms with Crippen molar-refractivity contribution in [2.24, 2.45) is 0 Å². The van der Waals surface area contributed by atoms with Crippen LogP contribution in [0.2, 0.25) is 0 Å². The van der Waals surface area contributed by atoms with Crippen LogP contribution >= 0.6 is 0 Å². The minimum Gasteiger partial charge on any atom is -0.481 e. The second kappa shape index (κ2) is 8.71. The van der Waals surface area contributed by atoms with Crippen molar-refractivity contribution >= 4 is 17.6 Å². The molecule has 0 bridgehead atoms. The minimum atomic E-state index is -0.670. The number of carbonyl (C=O) groups excluding carboxylic acids is 2. The number of esters is 1. The Balaban J connectivity index is 2.12. The zero-order valence-corrected chi connectivity index (χ0v) is 16.5. The first kappa shape index (κ1) is 20.5. The molecule has 0 fully saturated rings. The highest BCUT2D eigenvalue weighted by Gasteiger charge is 2.21. The number of benzene rings is 2. The second-order valence-electron chi connectivity index (χ2n) is 7.32. The van der Waals surface area contributed by atoms with Crippen molar-refractivity contribution in [2.75, 3.05) is 12.4 Å². The molecule has 0 aliphatic heterocycles. The molecule has 0 saturated carbocycles. The molecule has 1 atom stereocenters. The molecule has 144 valence electrons. The van der Waals surface area contributed by atoms with Gasteiger partial charge < -0.3 is 14.8 Å². The number of hydrogen-bond acceptors (Lipinski definition) is 4. The molecule has 0 aliphatic carbocycles. The summed E-state index contributed by atoms with van der Waals surface area (Å²) in [5, 5.41) is 2.77. The molecule has 0 spiro atoms. The van der Waals surface area contributed by atoms with Crippen LogP contribution in [0.5, 0.6) is 5.75 Å². The Labute approximate surface area is 160 Å². The van der Waals surface area contributed by atoms with E-state index in [2.05, 4.69) is 26.1 Å². The van der Waals surface area contributed by atoms with Crippen LogP contribution in [-0.2, 0) is 14.9 Å². The predicted molar refractivity (Wildman–Crippen MR) is 106 cm³/mol. The molecule has 5 heteroatoms. The Kier molecular flexibility index (Phi) is 6.61. The molecule has 5 nitrogen and oxygen atoms in total. The molecule has 0 radical (unpaired) electrons. The van der Waals surface area contributed by atoms with Gasteiger partial charge in [-0.1, -0.05) is 52.0 Å². The van der Waals surface area contributed by atoms with E-state index in [1.807, 2.05) is 31.2 Å². The average Bonchev–Trinajstić information content (AvgIpc) is 2.65. The van der Waals surface area contributed by atoms with Gasteiger partial charge in [0.05, 0.1) is 18.4 Å². The van der Waals surface area contributed by atoms with E-state index >= 15 is 0 Å². The Bertz CT molecular complexity index is 791. The van der Waals surface area contributed by atoms with Crippen molar-refractivity contribution in [3.05, 3.63) is 59.7 Å². The number of para-hydroxylation sites is 1. The van der Waals surface area contributed by atoms with E-state index in [9.17, 15) is 9.59 Å². The van der Waals surface area contributed by atoms with E-state index in [4.69, 9.17) is 9.47 Å². The molecule has 1 amide bonds. The summed E-state index contributed by atoms with van der Waals surface area (Å²) >= 11 is 0. The van der Waals surface area contributed by atoms with Crippen molar-refractivity contribution in [3.8, 4) is 5.75 Å². The Morgan fingerprint density at radius 2 is 1.67 bits per heavy atom. The number of amides is 1. The van der Waals surface area contributed by atoms with Gasteiger partial charge in [0.1, 0.15) is 5.75 Å². The number of anilines is 1. The third kappa shape index (κ3) is 5.33. The van der Waals surface area contributed by atoms with Crippen LogP contribution < -0.4 is 10.1 Å². The van der Waals surface area contributed by atoms with Gasteiger partial charge in [-0.15, -0.1) is 0 Å². The summed E-state index contributed by atoms with van der Waals surface area (Å²) in [5.41, 5.74) is 1.95. The molecule has 0 aliphatic rings. The minimum absolute atomic E-state index is 0.0532. The van der Waals surface area contributed by atoms with Gasteiger partial charge in [-0.3, -0.25) is 4.79 Å². The zero-order valence-electron chi connectivity index (χ0n) is 16.5. The molecule has 0 aromatic heterocycles. The van der Waals surface area contributed by atoms with Crippen molar-refractivity contribution in [1.29, 1.82) is 0 Å². The van der Waals surface area contributed by atoms with E-state index < -0.39 is 12.1 Å². The number of rotatable bonds is 6. The van der Waals surface area contributed by atoms with Crippen LogP contribution in [0, 0.1) is 0 Å². The lowest BCUT2D eigenvalue weighted by Crippen LogP contribution is -2.33. The van der Waals surface area contributed by atoms with E-state index in [0.717, 1.165) is 0 Å². The smallest absolute Gasteiger partial charge is 0.339 e. The molecule has 2 aromatic carbocycles. The second-order valence-corrected chi connectivity index (χ2v) is 7.32. The molecule has 27 heavy (non-hydrogen) atoms. The molecule has 2 rings (SSSR count). The SMILES string of the molecule is CC[C@H](Oc1ccc(C(C)(C)C)cc1)C(=O)Nc1ccccc1C(=O)OC. The van der Waals surface area contributed by atoms with Crippen LogP contribution in [-0.4, -0.2) is 25.1 Å². The molecular weight excluding hydrogens is 342 g/mol. The Morgan fingerprint density at radius 3 is 2.22 bits per heavy atom. The van der Waals surface area contributed by atoms with E-state index in [0.29, 0.717) is 23.4 Å². The third-order valence-electron chi connectivity index (χ3n) is 4.25. The lowest BCUT2D eigenvalue weighted by Gasteiger charge is -2.21. The summed E-state index contributed by atoms with van der Waals surface area (Å²) < 4.78 is 10.6. The highest BCUT2D eigenvalue weighted by atomic mass is 16.5. The number of carbonyl (C=O) groups is 2.